The second-order valence-electron chi connectivity index (χ2n) is 7.92. The number of hydrogen-bond acceptors (Lipinski definition) is 2. The zero-order valence-corrected chi connectivity index (χ0v) is 16.5. The van der Waals surface area contributed by atoms with Crippen molar-refractivity contribution in [3.8, 4) is 0 Å². The van der Waals surface area contributed by atoms with Gasteiger partial charge in [0, 0.05) is 30.2 Å². The highest BCUT2D eigenvalue weighted by molar-refractivity contribution is 6.30. The van der Waals surface area contributed by atoms with Gasteiger partial charge in [-0.2, -0.15) is 0 Å². The third-order valence-electron chi connectivity index (χ3n) is 6.21. The quantitative estimate of drug-likeness (QED) is 0.774. The normalized spacial score (nSPS) is 22.6. The molecule has 0 bridgehead atoms. The van der Waals surface area contributed by atoms with Crippen LogP contribution in [0.3, 0.4) is 0 Å². The third kappa shape index (κ3) is 4.20. The van der Waals surface area contributed by atoms with Crippen molar-refractivity contribution in [2.45, 2.75) is 37.6 Å². The smallest absolute Gasteiger partial charge is 0.227 e. The number of carbonyl (C=O) groups is 1. The van der Waals surface area contributed by atoms with E-state index in [9.17, 15) is 4.79 Å². The molecule has 27 heavy (non-hydrogen) atoms. The molecule has 2 aromatic carbocycles. The number of rotatable bonds is 5. The van der Waals surface area contributed by atoms with Gasteiger partial charge in [-0.15, -0.1) is 0 Å². The zero-order chi connectivity index (χ0) is 18.7. The molecule has 3 nitrogen and oxygen atoms in total. The van der Waals surface area contributed by atoms with Crippen molar-refractivity contribution in [1.82, 2.24) is 9.80 Å². The topological polar surface area (TPSA) is 23.6 Å². The van der Waals surface area contributed by atoms with Crippen LogP contribution in [0.5, 0.6) is 0 Å². The van der Waals surface area contributed by atoms with E-state index in [0.717, 1.165) is 44.6 Å². The lowest BCUT2D eigenvalue weighted by Crippen LogP contribution is -2.47. The largest absolute Gasteiger partial charge is 0.340 e. The molecule has 2 saturated heterocycles. The van der Waals surface area contributed by atoms with Crippen LogP contribution in [0.4, 0.5) is 0 Å². The third-order valence-corrected chi connectivity index (χ3v) is 6.46. The molecule has 2 aliphatic rings. The lowest BCUT2D eigenvalue weighted by atomic mass is 9.95. The number of benzene rings is 2. The fraction of sp³-hybridized carbons (Fsp3) is 0.435. The molecule has 2 fully saturated rings. The average Bonchev–Trinajstić information content (AvgIpc) is 3.30. The molecule has 4 heteroatoms. The van der Waals surface area contributed by atoms with Gasteiger partial charge >= 0.3 is 0 Å². The van der Waals surface area contributed by atoms with Crippen LogP contribution >= 0.6 is 11.6 Å². The highest BCUT2D eigenvalue weighted by atomic mass is 35.5. The van der Waals surface area contributed by atoms with E-state index in [2.05, 4.69) is 40.1 Å². The molecule has 2 aliphatic heterocycles. The summed E-state index contributed by atoms with van der Waals surface area (Å²) in [6.45, 7) is 4.01. The van der Waals surface area contributed by atoms with Gasteiger partial charge in [-0.25, -0.2) is 0 Å². The van der Waals surface area contributed by atoms with Gasteiger partial charge in [-0.3, -0.25) is 9.69 Å². The fourth-order valence-electron chi connectivity index (χ4n) is 4.67. The summed E-state index contributed by atoms with van der Waals surface area (Å²) in [6, 6.07) is 18.3. The Hall–Kier alpha value is -1.84. The van der Waals surface area contributed by atoms with Gasteiger partial charge in [0.15, 0.2) is 0 Å². The zero-order valence-electron chi connectivity index (χ0n) is 15.7. The second-order valence-corrected chi connectivity index (χ2v) is 8.36. The number of hydrogen-bond donors (Lipinski definition) is 0. The summed E-state index contributed by atoms with van der Waals surface area (Å²) >= 11 is 5.95. The van der Waals surface area contributed by atoms with Gasteiger partial charge in [-0.1, -0.05) is 54.1 Å². The molecular formula is C23H27ClN2O. The van der Waals surface area contributed by atoms with E-state index in [0.29, 0.717) is 11.4 Å². The number of likely N-dealkylation sites (tertiary alicyclic amines) is 2. The Morgan fingerprint density at radius 1 is 0.963 bits per heavy atom. The van der Waals surface area contributed by atoms with Gasteiger partial charge in [0.2, 0.25) is 5.91 Å². The van der Waals surface area contributed by atoms with Gasteiger partial charge in [0.1, 0.15) is 0 Å². The van der Waals surface area contributed by atoms with E-state index in [1.165, 1.54) is 18.4 Å². The standard InChI is InChI=1S/C23H27ClN2O/c24-21-9-7-20(8-10-21)17-22(27)25-16-13-23(18-25)12-4-14-26(23)15-11-19-5-2-1-3-6-19/h1-3,5-10H,4,11-18H2. The minimum Gasteiger partial charge on any atom is -0.340 e. The van der Waals surface area contributed by atoms with Gasteiger partial charge in [-0.05, 0) is 55.5 Å². The minimum atomic E-state index is 0.199. The number of halogens is 1. The number of carbonyl (C=O) groups excluding carboxylic acids is 1. The van der Waals surface area contributed by atoms with Crippen molar-refractivity contribution in [3.63, 3.8) is 0 Å². The monoisotopic (exact) mass is 382 g/mol. The van der Waals surface area contributed by atoms with E-state index in [1.807, 2.05) is 24.3 Å². The van der Waals surface area contributed by atoms with Gasteiger partial charge < -0.3 is 4.90 Å². The first-order valence-corrected chi connectivity index (χ1v) is 10.3. The molecule has 0 radical (unpaired) electrons. The summed E-state index contributed by atoms with van der Waals surface area (Å²) in [4.78, 5) is 17.5. The van der Waals surface area contributed by atoms with Crippen molar-refractivity contribution in [1.29, 1.82) is 0 Å². The molecule has 4 rings (SSSR count). The summed E-state index contributed by atoms with van der Waals surface area (Å²) in [5.41, 5.74) is 2.63. The maximum absolute atomic E-state index is 12.8. The summed E-state index contributed by atoms with van der Waals surface area (Å²) in [7, 11) is 0. The molecule has 1 atom stereocenters. The van der Waals surface area contributed by atoms with Crippen molar-refractivity contribution in [2.75, 3.05) is 26.2 Å². The molecule has 1 unspecified atom stereocenters. The van der Waals surface area contributed by atoms with Crippen molar-refractivity contribution >= 4 is 17.5 Å². The molecule has 2 heterocycles. The molecule has 142 valence electrons. The minimum absolute atomic E-state index is 0.199. The van der Waals surface area contributed by atoms with Crippen molar-refractivity contribution in [3.05, 3.63) is 70.7 Å². The van der Waals surface area contributed by atoms with Crippen LogP contribution in [0, 0.1) is 0 Å². The summed E-state index contributed by atoms with van der Waals surface area (Å²) in [5, 5.41) is 0.714. The van der Waals surface area contributed by atoms with E-state index >= 15 is 0 Å². The van der Waals surface area contributed by atoms with Crippen molar-refractivity contribution < 1.29 is 4.79 Å². The Bertz CT molecular complexity index is 777. The van der Waals surface area contributed by atoms with E-state index in [4.69, 9.17) is 11.6 Å². The summed E-state index contributed by atoms with van der Waals surface area (Å²) < 4.78 is 0. The van der Waals surface area contributed by atoms with Crippen LogP contribution in [0.2, 0.25) is 5.02 Å². The Morgan fingerprint density at radius 2 is 1.74 bits per heavy atom. The average molecular weight is 383 g/mol. The molecular weight excluding hydrogens is 356 g/mol. The lowest BCUT2D eigenvalue weighted by molar-refractivity contribution is -0.129. The van der Waals surface area contributed by atoms with E-state index < -0.39 is 0 Å². The Kier molecular flexibility index (Phi) is 5.51. The predicted molar refractivity (Wildman–Crippen MR) is 110 cm³/mol. The predicted octanol–water partition coefficient (Wildman–Crippen LogP) is 4.19. The highest BCUT2D eigenvalue weighted by Crippen LogP contribution is 2.37. The van der Waals surface area contributed by atoms with Gasteiger partial charge in [0.25, 0.3) is 0 Å². The molecule has 0 aliphatic carbocycles. The molecule has 0 saturated carbocycles. The summed E-state index contributed by atoms with van der Waals surface area (Å²) in [5.74, 6) is 0.240. The fourth-order valence-corrected chi connectivity index (χ4v) is 4.80. The van der Waals surface area contributed by atoms with Crippen LogP contribution in [0.15, 0.2) is 54.6 Å². The second kappa shape index (κ2) is 8.04. The van der Waals surface area contributed by atoms with Crippen LogP contribution in [-0.4, -0.2) is 47.4 Å². The molecule has 2 aromatic rings. The van der Waals surface area contributed by atoms with E-state index in [1.54, 1.807) is 0 Å². The Labute approximate surface area is 166 Å². The first kappa shape index (κ1) is 18.5. The SMILES string of the molecule is O=C(Cc1ccc(Cl)cc1)N1CCC2(CCCN2CCc2ccccc2)C1. The molecule has 0 aromatic heterocycles. The number of amides is 1. The first-order valence-electron chi connectivity index (χ1n) is 9.96. The molecule has 0 N–H and O–H groups in total. The Balaban J connectivity index is 1.36. The van der Waals surface area contributed by atoms with Gasteiger partial charge in [0.05, 0.1) is 6.42 Å². The van der Waals surface area contributed by atoms with Crippen LogP contribution < -0.4 is 0 Å². The molecule has 1 amide bonds. The van der Waals surface area contributed by atoms with Crippen LogP contribution in [0.25, 0.3) is 0 Å². The summed E-state index contributed by atoms with van der Waals surface area (Å²) in [6.07, 6.45) is 5.12. The lowest BCUT2D eigenvalue weighted by Gasteiger charge is -2.35. The maximum Gasteiger partial charge on any atom is 0.227 e. The number of nitrogens with zero attached hydrogens (tertiary/aromatic N) is 2. The van der Waals surface area contributed by atoms with Crippen LogP contribution in [-0.2, 0) is 17.6 Å². The maximum atomic E-state index is 12.8. The Morgan fingerprint density at radius 3 is 2.52 bits per heavy atom. The van der Waals surface area contributed by atoms with Crippen molar-refractivity contribution in [2.24, 2.45) is 0 Å². The first-order chi connectivity index (χ1) is 13.1. The molecule has 1 spiro atoms. The van der Waals surface area contributed by atoms with Crippen LogP contribution in [0.1, 0.15) is 30.4 Å². The highest BCUT2D eigenvalue weighted by Gasteiger charge is 2.46. The van der Waals surface area contributed by atoms with E-state index in [-0.39, 0.29) is 11.4 Å².